The lowest BCUT2D eigenvalue weighted by atomic mass is 9.97. The van der Waals surface area contributed by atoms with E-state index in [1.54, 1.807) is 0 Å². The molecule has 32 heavy (non-hydrogen) atoms. The molecule has 0 spiro atoms. The first-order chi connectivity index (χ1) is 14.6. The third kappa shape index (κ3) is 4.52. The Balaban J connectivity index is 2.33. The molecule has 0 bridgehead atoms. The lowest BCUT2D eigenvalue weighted by Gasteiger charge is -2.30. The molecule has 0 unspecified atom stereocenters. The topological polar surface area (TPSA) is 75.6 Å². The molecule has 0 aliphatic carbocycles. The Hall–Kier alpha value is -3.22. The van der Waals surface area contributed by atoms with Crippen LogP contribution >= 0.6 is 0 Å². The number of nitrogens with one attached hydrogen (secondary N) is 1. The minimum absolute atomic E-state index is 0.0698. The molecule has 13 heteroatoms. The van der Waals surface area contributed by atoms with E-state index < -0.39 is 59.1 Å². The number of hydrogen-bond acceptors (Lipinski definition) is 4. The van der Waals surface area contributed by atoms with Crippen molar-refractivity contribution in [2.45, 2.75) is 24.5 Å². The second-order valence-electron chi connectivity index (χ2n) is 6.35. The Kier molecular flexibility index (Phi) is 6.83. The molecule has 2 aromatic rings. The number of ether oxygens (including phenoxy) is 1. The fourth-order valence-corrected chi connectivity index (χ4v) is 2.65. The van der Waals surface area contributed by atoms with Gasteiger partial charge in [-0.25, -0.2) is 13.6 Å². The molecule has 0 atom stereocenters. The number of halogens is 8. The number of alkyl halides is 6. The lowest BCUT2D eigenvalue weighted by Crippen LogP contribution is -2.65. The number of carbonyl (C=O) groups excluding carboxylic acids is 2. The highest BCUT2D eigenvalue weighted by Crippen LogP contribution is 2.43. The monoisotopic (exact) mass is 471 g/mol. The minimum Gasteiger partial charge on any atom is -0.465 e. The van der Waals surface area contributed by atoms with Crippen LogP contribution in [0, 0.1) is 11.6 Å². The summed E-state index contributed by atoms with van der Waals surface area (Å²) in [6, 6.07) is 6.10. The molecule has 0 heterocycles. The van der Waals surface area contributed by atoms with Crippen molar-refractivity contribution in [1.82, 2.24) is 5.32 Å². The van der Waals surface area contributed by atoms with E-state index in [1.165, 1.54) is 17.4 Å². The number of methoxy groups -OCH3 is 1. The van der Waals surface area contributed by atoms with Crippen LogP contribution in [0.1, 0.15) is 15.9 Å². The van der Waals surface area contributed by atoms with Gasteiger partial charge in [-0.2, -0.15) is 26.3 Å². The highest BCUT2D eigenvalue weighted by Gasteiger charge is 2.75. The summed E-state index contributed by atoms with van der Waals surface area (Å²) in [5, 5.41) is 10.2. The standard InChI is InChI=1S/C19H13F8NO4/c1-32-15(29)14-11(3-2-4-12(14)20)9-5-6-10(13(21)7-9)8-28-16(30)17(31,18(22,23)24)19(25,26)27/h2-7,31H,8H2,1H3,(H,28,30). The smallest absolute Gasteiger partial charge is 0.435 e. The summed E-state index contributed by atoms with van der Waals surface area (Å²) in [6.07, 6.45) is -12.8. The van der Waals surface area contributed by atoms with Crippen LogP contribution < -0.4 is 5.32 Å². The van der Waals surface area contributed by atoms with E-state index in [1.807, 2.05) is 0 Å². The number of carbonyl (C=O) groups is 2. The minimum atomic E-state index is -6.39. The van der Waals surface area contributed by atoms with Crippen molar-refractivity contribution >= 4 is 11.9 Å². The summed E-state index contributed by atoms with van der Waals surface area (Å²) >= 11 is 0. The molecule has 0 aliphatic heterocycles. The maximum atomic E-state index is 14.4. The highest BCUT2D eigenvalue weighted by molar-refractivity contribution is 5.97. The molecule has 0 saturated heterocycles. The van der Waals surface area contributed by atoms with E-state index in [2.05, 4.69) is 4.74 Å². The summed E-state index contributed by atoms with van der Waals surface area (Å²) in [5.74, 6) is -6.11. The predicted octanol–water partition coefficient (Wildman–Crippen LogP) is 3.89. The number of rotatable bonds is 5. The average Bonchev–Trinajstić information content (AvgIpc) is 2.69. The quantitative estimate of drug-likeness (QED) is 0.513. The van der Waals surface area contributed by atoms with Crippen LogP contribution in [0.25, 0.3) is 11.1 Å². The number of esters is 1. The molecule has 0 fully saturated rings. The van der Waals surface area contributed by atoms with Crippen LogP contribution in [0.15, 0.2) is 36.4 Å². The van der Waals surface area contributed by atoms with Gasteiger partial charge in [-0.3, -0.25) is 4.79 Å². The fraction of sp³-hybridized carbons (Fsp3) is 0.263. The maximum absolute atomic E-state index is 14.4. The third-order valence-corrected chi connectivity index (χ3v) is 4.36. The van der Waals surface area contributed by atoms with Crippen LogP contribution in [0.4, 0.5) is 35.1 Å². The third-order valence-electron chi connectivity index (χ3n) is 4.36. The van der Waals surface area contributed by atoms with Crippen molar-refractivity contribution in [1.29, 1.82) is 0 Å². The molecule has 0 aromatic heterocycles. The first kappa shape index (κ1) is 25.0. The summed E-state index contributed by atoms with van der Waals surface area (Å²) in [6.45, 7) is -1.15. The normalized spacial score (nSPS) is 12.4. The second-order valence-corrected chi connectivity index (χ2v) is 6.35. The Bertz CT molecular complexity index is 1020. The van der Waals surface area contributed by atoms with Crippen LogP contribution in [-0.4, -0.2) is 42.0 Å². The number of aliphatic hydroxyl groups is 1. The van der Waals surface area contributed by atoms with Gasteiger partial charge >= 0.3 is 23.9 Å². The molecule has 2 N–H and O–H groups in total. The summed E-state index contributed by atoms with van der Waals surface area (Å²) in [4.78, 5) is 23.3. The second kappa shape index (κ2) is 8.73. The molecule has 0 saturated carbocycles. The highest BCUT2D eigenvalue weighted by atomic mass is 19.4. The molecule has 0 aliphatic rings. The van der Waals surface area contributed by atoms with E-state index in [0.29, 0.717) is 0 Å². The molecule has 1 amide bonds. The predicted molar refractivity (Wildman–Crippen MR) is 92.0 cm³/mol. The molecule has 0 radical (unpaired) electrons. The van der Waals surface area contributed by atoms with Crippen molar-refractivity contribution in [3.8, 4) is 11.1 Å². The Morgan fingerprint density at radius 3 is 2.06 bits per heavy atom. The van der Waals surface area contributed by atoms with E-state index in [0.717, 1.165) is 31.4 Å². The van der Waals surface area contributed by atoms with Gasteiger partial charge in [0, 0.05) is 12.1 Å². The number of amides is 1. The Morgan fingerprint density at radius 2 is 1.56 bits per heavy atom. The largest absolute Gasteiger partial charge is 0.465 e. The van der Waals surface area contributed by atoms with Gasteiger partial charge in [0.15, 0.2) is 0 Å². The van der Waals surface area contributed by atoms with Gasteiger partial charge < -0.3 is 15.2 Å². The first-order valence-electron chi connectivity index (χ1n) is 8.45. The van der Waals surface area contributed by atoms with Crippen molar-refractivity contribution in [2.24, 2.45) is 0 Å². The molecule has 5 nitrogen and oxygen atoms in total. The van der Waals surface area contributed by atoms with Crippen molar-refractivity contribution in [3.05, 3.63) is 59.2 Å². The van der Waals surface area contributed by atoms with Crippen molar-refractivity contribution in [2.75, 3.05) is 7.11 Å². The zero-order valence-electron chi connectivity index (χ0n) is 15.9. The van der Waals surface area contributed by atoms with Crippen LogP contribution in [0.3, 0.4) is 0 Å². The number of benzene rings is 2. The molecular weight excluding hydrogens is 458 g/mol. The molecular formula is C19H13F8NO4. The summed E-state index contributed by atoms with van der Waals surface area (Å²) in [5.41, 5.74) is -6.96. The van der Waals surface area contributed by atoms with Crippen LogP contribution in [-0.2, 0) is 16.1 Å². The molecule has 174 valence electrons. The van der Waals surface area contributed by atoms with Gasteiger partial charge in [0.05, 0.1) is 7.11 Å². The average molecular weight is 471 g/mol. The van der Waals surface area contributed by atoms with Crippen molar-refractivity contribution < 1.29 is 54.6 Å². The summed E-state index contributed by atoms with van der Waals surface area (Å²) < 4.78 is 109. The van der Waals surface area contributed by atoms with Crippen LogP contribution in [0.2, 0.25) is 0 Å². The van der Waals surface area contributed by atoms with Gasteiger partial charge in [0.2, 0.25) is 0 Å². The summed E-state index contributed by atoms with van der Waals surface area (Å²) in [7, 11) is 0.980. The van der Waals surface area contributed by atoms with E-state index in [4.69, 9.17) is 5.11 Å². The molecule has 2 rings (SSSR count). The van der Waals surface area contributed by atoms with Crippen molar-refractivity contribution in [3.63, 3.8) is 0 Å². The van der Waals surface area contributed by atoms with Crippen LogP contribution in [0.5, 0.6) is 0 Å². The Labute approximate surface area is 174 Å². The van der Waals surface area contributed by atoms with Gasteiger partial charge in [0.25, 0.3) is 5.91 Å². The van der Waals surface area contributed by atoms with Gasteiger partial charge in [0.1, 0.15) is 17.2 Å². The van der Waals surface area contributed by atoms with Gasteiger partial charge in [-0.15, -0.1) is 0 Å². The fourth-order valence-electron chi connectivity index (χ4n) is 2.65. The molecule has 2 aromatic carbocycles. The zero-order chi connectivity index (χ0) is 24.5. The van der Waals surface area contributed by atoms with E-state index in [-0.39, 0.29) is 11.1 Å². The zero-order valence-corrected chi connectivity index (χ0v) is 15.9. The van der Waals surface area contributed by atoms with Gasteiger partial charge in [-0.05, 0) is 23.3 Å². The Morgan fingerprint density at radius 1 is 0.969 bits per heavy atom. The maximum Gasteiger partial charge on any atom is 0.435 e. The first-order valence-corrected chi connectivity index (χ1v) is 8.45. The SMILES string of the molecule is COC(=O)c1c(F)cccc1-c1ccc(CNC(=O)C(O)(C(F)(F)F)C(F)(F)F)c(F)c1. The lowest BCUT2D eigenvalue weighted by molar-refractivity contribution is -0.350. The number of hydrogen-bond donors (Lipinski definition) is 2. The van der Waals surface area contributed by atoms with Gasteiger partial charge in [-0.1, -0.05) is 24.3 Å². The van der Waals surface area contributed by atoms with E-state index >= 15 is 0 Å². The van der Waals surface area contributed by atoms with E-state index in [9.17, 15) is 44.7 Å².